The van der Waals surface area contributed by atoms with Crippen molar-refractivity contribution in [3.05, 3.63) is 82.0 Å². The van der Waals surface area contributed by atoms with E-state index < -0.39 is 11.9 Å². The Kier molecular flexibility index (Phi) is 5.59. The summed E-state index contributed by atoms with van der Waals surface area (Å²) < 4.78 is 30.1. The average molecular weight is 473 g/mol. The molecule has 0 saturated heterocycles. The molecule has 8 heteroatoms. The quantitative estimate of drug-likeness (QED) is 0.512. The monoisotopic (exact) mass is 472 g/mol. The highest BCUT2D eigenvalue weighted by Gasteiger charge is 2.35. The third-order valence-electron chi connectivity index (χ3n) is 4.88. The molecule has 0 fully saturated rings. The number of ether oxygens (including phenoxy) is 2. The van der Waals surface area contributed by atoms with Gasteiger partial charge >= 0.3 is 5.91 Å². The van der Waals surface area contributed by atoms with Crippen molar-refractivity contribution in [2.75, 3.05) is 14.2 Å². The first-order valence-corrected chi connectivity index (χ1v) is 9.93. The van der Waals surface area contributed by atoms with Crippen molar-refractivity contribution >= 4 is 27.5 Å². The number of amides is 1. The number of hydrogen-bond donors (Lipinski definition) is 0. The minimum Gasteiger partial charge on any atom is -0.497 e. The Labute approximate surface area is 181 Å². The summed E-state index contributed by atoms with van der Waals surface area (Å²) in [6.07, 6.45) is 0.432. The van der Waals surface area contributed by atoms with E-state index in [0.29, 0.717) is 28.3 Å². The van der Waals surface area contributed by atoms with E-state index in [1.807, 2.05) is 6.07 Å². The number of benzene rings is 2. The minimum atomic E-state index is -0.413. The minimum absolute atomic E-state index is 0.153. The van der Waals surface area contributed by atoms with Gasteiger partial charge in [-0.2, -0.15) is 5.10 Å². The highest BCUT2D eigenvalue weighted by Crippen LogP contribution is 2.37. The van der Waals surface area contributed by atoms with Crippen molar-refractivity contribution in [2.45, 2.75) is 12.5 Å². The van der Waals surface area contributed by atoms with Crippen LogP contribution < -0.4 is 9.47 Å². The molecule has 0 radical (unpaired) electrons. The van der Waals surface area contributed by atoms with Gasteiger partial charge in [0.1, 0.15) is 17.3 Å². The van der Waals surface area contributed by atoms with E-state index in [-0.39, 0.29) is 11.6 Å². The molecule has 6 nitrogen and oxygen atoms in total. The van der Waals surface area contributed by atoms with Gasteiger partial charge in [0.05, 0.1) is 26.0 Å². The van der Waals surface area contributed by atoms with Gasteiger partial charge in [-0.15, -0.1) is 0 Å². The lowest BCUT2D eigenvalue weighted by Gasteiger charge is -2.21. The SMILES string of the molecule is COc1ccc(C2=NN(C(=O)c3ccc(Br)o3)[C@@H](c3ccc(F)cc3)C2)c(OC)c1. The van der Waals surface area contributed by atoms with E-state index in [0.717, 1.165) is 11.1 Å². The van der Waals surface area contributed by atoms with Crippen molar-refractivity contribution in [2.24, 2.45) is 5.10 Å². The first-order chi connectivity index (χ1) is 14.5. The Morgan fingerprint density at radius 2 is 1.90 bits per heavy atom. The maximum absolute atomic E-state index is 13.5. The zero-order valence-corrected chi connectivity index (χ0v) is 17.8. The first-order valence-electron chi connectivity index (χ1n) is 9.14. The maximum Gasteiger partial charge on any atom is 0.310 e. The number of nitrogens with zero attached hydrogens (tertiary/aromatic N) is 2. The van der Waals surface area contributed by atoms with Gasteiger partial charge < -0.3 is 13.9 Å². The molecule has 3 aromatic rings. The molecule has 1 aliphatic rings. The lowest BCUT2D eigenvalue weighted by Crippen LogP contribution is -2.26. The lowest BCUT2D eigenvalue weighted by molar-refractivity contribution is 0.0677. The summed E-state index contributed by atoms with van der Waals surface area (Å²) in [6, 6.07) is 14.3. The molecular weight excluding hydrogens is 455 g/mol. The number of methoxy groups -OCH3 is 2. The zero-order chi connectivity index (χ0) is 21.3. The molecule has 1 aliphatic heterocycles. The smallest absolute Gasteiger partial charge is 0.310 e. The molecule has 2 heterocycles. The molecule has 1 amide bonds. The molecule has 0 unspecified atom stereocenters. The Bertz CT molecular complexity index is 1110. The van der Waals surface area contributed by atoms with Gasteiger partial charge in [0.2, 0.25) is 0 Å². The molecule has 0 N–H and O–H groups in total. The van der Waals surface area contributed by atoms with Crippen LogP contribution in [0, 0.1) is 5.82 Å². The van der Waals surface area contributed by atoms with E-state index in [2.05, 4.69) is 21.0 Å². The van der Waals surface area contributed by atoms with Crippen LogP contribution in [0.1, 0.15) is 34.1 Å². The number of carbonyl (C=O) groups excluding carboxylic acids is 1. The fraction of sp³-hybridized carbons (Fsp3) is 0.182. The molecule has 30 heavy (non-hydrogen) atoms. The standard InChI is InChI=1S/C22H18BrFN2O4/c1-28-15-7-8-16(20(11-15)29-2)17-12-18(13-3-5-14(24)6-4-13)26(25-17)22(27)19-9-10-21(23)30-19/h3-11,18H,12H2,1-2H3/t18-/m1/s1. The Morgan fingerprint density at radius 1 is 1.13 bits per heavy atom. The fourth-order valence-corrected chi connectivity index (χ4v) is 3.69. The van der Waals surface area contributed by atoms with Crippen molar-refractivity contribution < 1.29 is 23.1 Å². The van der Waals surface area contributed by atoms with Crippen LogP contribution in [0.3, 0.4) is 0 Å². The third kappa shape index (κ3) is 3.82. The van der Waals surface area contributed by atoms with Gasteiger partial charge in [0, 0.05) is 18.1 Å². The number of hydrogen-bond acceptors (Lipinski definition) is 5. The predicted molar refractivity (Wildman–Crippen MR) is 112 cm³/mol. The van der Waals surface area contributed by atoms with Gasteiger partial charge in [0.15, 0.2) is 10.4 Å². The number of halogens is 2. The summed E-state index contributed by atoms with van der Waals surface area (Å²) in [5.41, 5.74) is 2.19. The van der Waals surface area contributed by atoms with Crippen LogP contribution in [0.2, 0.25) is 0 Å². The first kappa shape index (κ1) is 20.2. The van der Waals surface area contributed by atoms with E-state index >= 15 is 0 Å². The van der Waals surface area contributed by atoms with Gasteiger partial charge in [-0.3, -0.25) is 4.79 Å². The van der Waals surface area contributed by atoms with Crippen molar-refractivity contribution in [1.29, 1.82) is 0 Å². The molecule has 154 valence electrons. The third-order valence-corrected chi connectivity index (χ3v) is 5.30. The van der Waals surface area contributed by atoms with E-state index in [9.17, 15) is 9.18 Å². The second-order valence-corrected chi connectivity index (χ2v) is 7.42. The van der Waals surface area contributed by atoms with Crippen LogP contribution in [-0.2, 0) is 0 Å². The summed E-state index contributed by atoms with van der Waals surface area (Å²) in [6.45, 7) is 0. The molecule has 0 aliphatic carbocycles. The van der Waals surface area contributed by atoms with Crippen LogP contribution in [-0.4, -0.2) is 30.8 Å². The van der Waals surface area contributed by atoms with Gasteiger partial charge in [-0.05, 0) is 57.9 Å². The lowest BCUT2D eigenvalue weighted by atomic mass is 9.97. The Morgan fingerprint density at radius 3 is 2.53 bits per heavy atom. The van der Waals surface area contributed by atoms with Gasteiger partial charge in [-0.25, -0.2) is 9.40 Å². The highest BCUT2D eigenvalue weighted by molar-refractivity contribution is 9.10. The van der Waals surface area contributed by atoms with E-state index in [1.54, 1.807) is 50.6 Å². The Hall–Kier alpha value is -3.13. The summed E-state index contributed by atoms with van der Waals surface area (Å²) in [7, 11) is 3.14. The number of carbonyl (C=O) groups is 1. The van der Waals surface area contributed by atoms with Crippen LogP contribution >= 0.6 is 15.9 Å². The van der Waals surface area contributed by atoms with Crippen molar-refractivity contribution in [1.82, 2.24) is 5.01 Å². The number of rotatable bonds is 5. The summed E-state index contributed by atoms with van der Waals surface area (Å²) in [5, 5.41) is 5.97. The van der Waals surface area contributed by atoms with Crippen LogP contribution in [0.15, 0.2) is 68.8 Å². The van der Waals surface area contributed by atoms with Crippen LogP contribution in [0.5, 0.6) is 11.5 Å². The zero-order valence-electron chi connectivity index (χ0n) is 16.3. The maximum atomic E-state index is 13.5. The normalized spacial score (nSPS) is 15.8. The molecular formula is C22H18BrFN2O4. The van der Waals surface area contributed by atoms with Crippen molar-refractivity contribution in [3.8, 4) is 11.5 Å². The molecule has 0 saturated carbocycles. The fourth-order valence-electron chi connectivity index (χ4n) is 3.38. The second-order valence-electron chi connectivity index (χ2n) is 6.64. The molecule has 0 spiro atoms. The van der Waals surface area contributed by atoms with E-state index in [1.165, 1.54) is 17.1 Å². The molecule has 0 bridgehead atoms. The Balaban J connectivity index is 1.75. The van der Waals surface area contributed by atoms with Crippen LogP contribution in [0.4, 0.5) is 4.39 Å². The van der Waals surface area contributed by atoms with E-state index in [4.69, 9.17) is 13.9 Å². The van der Waals surface area contributed by atoms with Gasteiger partial charge in [0.25, 0.3) is 0 Å². The largest absolute Gasteiger partial charge is 0.497 e. The predicted octanol–water partition coefficient (Wildman–Crippen LogP) is 5.19. The molecule has 1 atom stereocenters. The average Bonchev–Trinajstić information content (AvgIpc) is 3.40. The molecule has 4 rings (SSSR count). The topological polar surface area (TPSA) is 64.3 Å². The van der Waals surface area contributed by atoms with Gasteiger partial charge in [-0.1, -0.05) is 12.1 Å². The summed E-state index contributed by atoms with van der Waals surface area (Å²) in [4.78, 5) is 13.1. The molecule has 1 aromatic heterocycles. The van der Waals surface area contributed by atoms with Crippen molar-refractivity contribution in [3.63, 3.8) is 0 Å². The second kappa shape index (κ2) is 8.31. The summed E-state index contributed by atoms with van der Waals surface area (Å²) >= 11 is 3.21. The van der Waals surface area contributed by atoms with Crippen LogP contribution in [0.25, 0.3) is 0 Å². The number of hydrazone groups is 1. The number of furan rings is 1. The molecule has 2 aromatic carbocycles. The highest BCUT2D eigenvalue weighted by atomic mass is 79.9. The summed E-state index contributed by atoms with van der Waals surface area (Å²) in [5.74, 6) is 0.652.